The molecule has 0 amide bonds. The summed E-state index contributed by atoms with van der Waals surface area (Å²) in [4.78, 5) is 38.2. The molecule has 0 radical (unpaired) electrons. The third kappa shape index (κ3) is 56.5. The molecule has 1 unspecified atom stereocenters. The zero-order valence-corrected chi connectivity index (χ0v) is 47.1. The summed E-state index contributed by atoms with van der Waals surface area (Å²) in [7, 11) is 0. The fraction of sp³-hybridized carbons (Fsp3) is 0.859. The van der Waals surface area contributed by atoms with Gasteiger partial charge < -0.3 is 14.2 Å². The van der Waals surface area contributed by atoms with Crippen molar-refractivity contribution in [1.29, 1.82) is 0 Å². The van der Waals surface area contributed by atoms with Gasteiger partial charge in [0.25, 0.3) is 0 Å². The van der Waals surface area contributed by atoms with Crippen LogP contribution in [0.2, 0.25) is 0 Å². The molecule has 0 aromatic rings. The Morgan fingerprint density at radius 3 is 0.814 bits per heavy atom. The van der Waals surface area contributed by atoms with E-state index >= 15 is 0 Å². The van der Waals surface area contributed by atoms with Crippen LogP contribution in [0.5, 0.6) is 0 Å². The van der Waals surface area contributed by atoms with Crippen LogP contribution in [0.15, 0.2) is 36.5 Å². The van der Waals surface area contributed by atoms with Crippen LogP contribution in [0.4, 0.5) is 0 Å². The maximum absolute atomic E-state index is 12.9. The molecule has 0 aliphatic rings. The first-order chi connectivity index (χ1) is 34.5. The SMILES string of the molecule is CCCCCC/C=C\C/C=C\CCCCCCCC(=O)OC(COC(=O)CCCCCCC/C=C\CCCCCCCCC)COC(=O)CCCCCCCCCCCCCCCCCCCCCC. The molecule has 0 fully saturated rings. The third-order valence-corrected chi connectivity index (χ3v) is 13.9. The molecule has 6 nitrogen and oxygen atoms in total. The third-order valence-electron chi connectivity index (χ3n) is 13.9. The van der Waals surface area contributed by atoms with E-state index in [1.807, 2.05) is 0 Å². The average Bonchev–Trinajstić information content (AvgIpc) is 3.36. The van der Waals surface area contributed by atoms with Gasteiger partial charge in [0, 0.05) is 19.3 Å². The molecule has 0 aliphatic carbocycles. The number of rotatable bonds is 57. The average molecular weight is 984 g/mol. The van der Waals surface area contributed by atoms with Gasteiger partial charge in [-0.15, -0.1) is 0 Å². The molecule has 0 heterocycles. The number of allylic oxidation sites excluding steroid dienone is 6. The summed E-state index contributed by atoms with van der Waals surface area (Å²) in [6, 6.07) is 0. The number of esters is 3. The maximum Gasteiger partial charge on any atom is 0.306 e. The summed E-state index contributed by atoms with van der Waals surface area (Å²) in [5.41, 5.74) is 0. The molecular weight excluding hydrogens is 865 g/mol. The molecule has 0 saturated carbocycles. The fourth-order valence-corrected chi connectivity index (χ4v) is 9.18. The fourth-order valence-electron chi connectivity index (χ4n) is 9.18. The monoisotopic (exact) mass is 983 g/mol. The minimum atomic E-state index is -0.781. The second-order valence-corrected chi connectivity index (χ2v) is 21.0. The predicted molar refractivity (Wildman–Crippen MR) is 302 cm³/mol. The number of unbranched alkanes of at least 4 members (excludes halogenated alkanes) is 40. The smallest absolute Gasteiger partial charge is 0.306 e. The lowest BCUT2D eigenvalue weighted by Gasteiger charge is -2.18. The summed E-state index contributed by atoms with van der Waals surface area (Å²) >= 11 is 0. The molecule has 0 aromatic heterocycles. The molecule has 0 spiro atoms. The van der Waals surface area contributed by atoms with Gasteiger partial charge in [-0.1, -0.05) is 276 Å². The maximum atomic E-state index is 12.9. The highest BCUT2D eigenvalue weighted by Crippen LogP contribution is 2.17. The highest BCUT2D eigenvalue weighted by Gasteiger charge is 2.19. The van der Waals surface area contributed by atoms with Gasteiger partial charge in [-0.25, -0.2) is 0 Å². The van der Waals surface area contributed by atoms with Gasteiger partial charge in [0.15, 0.2) is 6.10 Å². The minimum absolute atomic E-state index is 0.0766. The van der Waals surface area contributed by atoms with Crippen molar-refractivity contribution in [2.75, 3.05) is 13.2 Å². The van der Waals surface area contributed by atoms with Crippen molar-refractivity contribution in [3.8, 4) is 0 Å². The molecule has 0 saturated heterocycles. The summed E-state index contributed by atoms with van der Waals surface area (Å²) in [6.07, 6.45) is 71.4. The first-order valence-corrected chi connectivity index (χ1v) is 31.0. The summed E-state index contributed by atoms with van der Waals surface area (Å²) in [6.45, 7) is 6.66. The first-order valence-electron chi connectivity index (χ1n) is 31.0. The van der Waals surface area contributed by atoms with E-state index in [9.17, 15) is 14.4 Å². The summed E-state index contributed by atoms with van der Waals surface area (Å²) in [5.74, 6) is -0.878. The van der Waals surface area contributed by atoms with Gasteiger partial charge in [-0.05, 0) is 77.0 Å². The Hall–Kier alpha value is -2.37. The molecule has 0 bridgehead atoms. The van der Waals surface area contributed by atoms with Crippen LogP contribution in [0.1, 0.15) is 335 Å². The molecule has 70 heavy (non-hydrogen) atoms. The Bertz CT molecular complexity index is 1170. The molecule has 0 N–H and O–H groups in total. The number of hydrogen-bond acceptors (Lipinski definition) is 6. The van der Waals surface area contributed by atoms with E-state index in [2.05, 4.69) is 57.2 Å². The Morgan fingerprint density at radius 2 is 0.514 bits per heavy atom. The van der Waals surface area contributed by atoms with Crippen LogP contribution >= 0.6 is 0 Å². The van der Waals surface area contributed by atoms with Gasteiger partial charge in [-0.3, -0.25) is 14.4 Å². The van der Waals surface area contributed by atoms with Crippen molar-refractivity contribution in [3.05, 3.63) is 36.5 Å². The molecule has 6 heteroatoms. The van der Waals surface area contributed by atoms with E-state index in [0.717, 1.165) is 89.9 Å². The van der Waals surface area contributed by atoms with E-state index in [-0.39, 0.29) is 31.1 Å². The normalized spacial score (nSPS) is 12.2. The number of ether oxygens (including phenoxy) is 3. The Balaban J connectivity index is 4.34. The van der Waals surface area contributed by atoms with Gasteiger partial charge in [0.05, 0.1) is 0 Å². The highest BCUT2D eigenvalue weighted by atomic mass is 16.6. The second kappa shape index (κ2) is 59.2. The quantitative estimate of drug-likeness (QED) is 0.0261. The lowest BCUT2D eigenvalue weighted by atomic mass is 10.0. The van der Waals surface area contributed by atoms with Crippen LogP contribution in [-0.4, -0.2) is 37.2 Å². The van der Waals surface area contributed by atoms with Gasteiger partial charge in [-0.2, -0.15) is 0 Å². The topological polar surface area (TPSA) is 78.9 Å². The summed E-state index contributed by atoms with van der Waals surface area (Å²) < 4.78 is 16.9. The van der Waals surface area contributed by atoms with Crippen LogP contribution < -0.4 is 0 Å². The van der Waals surface area contributed by atoms with Crippen molar-refractivity contribution >= 4 is 17.9 Å². The largest absolute Gasteiger partial charge is 0.462 e. The zero-order chi connectivity index (χ0) is 50.7. The highest BCUT2D eigenvalue weighted by molar-refractivity contribution is 5.71. The van der Waals surface area contributed by atoms with Crippen LogP contribution in [0.3, 0.4) is 0 Å². The molecule has 0 aliphatic heterocycles. The number of hydrogen-bond donors (Lipinski definition) is 0. The Labute approximate surface area is 435 Å². The molecule has 410 valence electrons. The Morgan fingerprint density at radius 1 is 0.286 bits per heavy atom. The molecule has 1 atom stereocenters. The van der Waals surface area contributed by atoms with Gasteiger partial charge >= 0.3 is 17.9 Å². The first kappa shape index (κ1) is 67.6. The van der Waals surface area contributed by atoms with Crippen molar-refractivity contribution in [2.45, 2.75) is 341 Å². The van der Waals surface area contributed by atoms with Crippen molar-refractivity contribution in [3.63, 3.8) is 0 Å². The minimum Gasteiger partial charge on any atom is -0.462 e. The van der Waals surface area contributed by atoms with Crippen LogP contribution in [0.25, 0.3) is 0 Å². The van der Waals surface area contributed by atoms with E-state index < -0.39 is 6.10 Å². The zero-order valence-electron chi connectivity index (χ0n) is 47.1. The molecular formula is C64H118O6. The van der Waals surface area contributed by atoms with Crippen molar-refractivity contribution in [1.82, 2.24) is 0 Å². The standard InChI is InChI=1S/C64H118O6/c1-4-7-10-13-16-19-22-25-28-31-32-33-34-37-39-42-45-48-51-54-57-63(66)69-60-61(70-64(67)58-55-52-49-46-43-40-36-30-27-24-21-18-15-12-9-6-3)59-68-62(65)56-53-50-47-44-41-38-35-29-26-23-20-17-14-11-8-5-2/h21,24,29-30,35-36,61H,4-20,22-23,25-28,31-34,37-60H2,1-3H3/b24-21-,35-29-,36-30-. The molecule has 0 rings (SSSR count). The predicted octanol–water partition coefficient (Wildman–Crippen LogP) is 20.8. The van der Waals surface area contributed by atoms with Gasteiger partial charge in [0.2, 0.25) is 0 Å². The van der Waals surface area contributed by atoms with E-state index in [1.165, 1.54) is 205 Å². The Kier molecular flexibility index (Phi) is 57.2. The van der Waals surface area contributed by atoms with E-state index in [0.29, 0.717) is 19.3 Å². The van der Waals surface area contributed by atoms with Gasteiger partial charge in [0.1, 0.15) is 13.2 Å². The summed E-state index contributed by atoms with van der Waals surface area (Å²) in [5, 5.41) is 0. The van der Waals surface area contributed by atoms with Crippen molar-refractivity contribution < 1.29 is 28.6 Å². The lowest BCUT2D eigenvalue weighted by molar-refractivity contribution is -0.167. The number of carbonyl (C=O) groups excluding carboxylic acids is 3. The lowest BCUT2D eigenvalue weighted by Crippen LogP contribution is -2.30. The van der Waals surface area contributed by atoms with Crippen LogP contribution in [-0.2, 0) is 28.6 Å². The van der Waals surface area contributed by atoms with E-state index in [4.69, 9.17) is 14.2 Å². The van der Waals surface area contributed by atoms with Crippen LogP contribution in [0, 0.1) is 0 Å². The number of carbonyl (C=O) groups is 3. The molecule has 0 aromatic carbocycles. The second-order valence-electron chi connectivity index (χ2n) is 21.0. The van der Waals surface area contributed by atoms with Crippen molar-refractivity contribution in [2.24, 2.45) is 0 Å². The van der Waals surface area contributed by atoms with E-state index in [1.54, 1.807) is 0 Å².